The SMILES string of the molecule is CC1(C)CCC(NCc2ccccc2-c2ccccc2)=N1.Cl. The van der Waals surface area contributed by atoms with E-state index in [1.165, 1.54) is 16.7 Å². The molecule has 0 unspecified atom stereocenters. The molecule has 2 nitrogen and oxygen atoms in total. The highest BCUT2D eigenvalue weighted by molar-refractivity contribution is 5.85. The van der Waals surface area contributed by atoms with Crippen molar-refractivity contribution in [1.29, 1.82) is 0 Å². The molecule has 3 rings (SSSR count). The van der Waals surface area contributed by atoms with Crippen molar-refractivity contribution in [2.75, 3.05) is 0 Å². The van der Waals surface area contributed by atoms with Gasteiger partial charge in [0.25, 0.3) is 0 Å². The second kappa shape index (κ2) is 6.97. The quantitative estimate of drug-likeness (QED) is 0.861. The second-order valence-electron chi connectivity index (χ2n) is 6.25. The molecule has 1 aliphatic rings. The van der Waals surface area contributed by atoms with Crippen LogP contribution in [-0.2, 0) is 6.54 Å². The number of nitrogens with one attached hydrogen (secondary N) is 1. The van der Waals surface area contributed by atoms with Gasteiger partial charge in [0.15, 0.2) is 0 Å². The van der Waals surface area contributed by atoms with Crippen molar-refractivity contribution in [3.05, 3.63) is 60.2 Å². The largest absolute Gasteiger partial charge is 0.370 e. The molecule has 1 heterocycles. The van der Waals surface area contributed by atoms with E-state index in [9.17, 15) is 0 Å². The van der Waals surface area contributed by atoms with E-state index < -0.39 is 0 Å². The van der Waals surface area contributed by atoms with E-state index >= 15 is 0 Å². The number of hydrogen-bond acceptors (Lipinski definition) is 2. The number of hydrogen-bond donors (Lipinski definition) is 1. The normalized spacial score (nSPS) is 15.8. The van der Waals surface area contributed by atoms with Crippen molar-refractivity contribution < 1.29 is 0 Å². The molecular formula is C19H23ClN2. The fourth-order valence-electron chi connectivity index (χ4n) is 2.80. The number of benzene rings is 2. The maximum absolute atomic E-state index is 4.74. The van der Waals surface area contributed by atoms with Crippen LogP contribution in [0.1, 0.15) is 32.3 Å². The van der Waals surface area contributed by atoms with Crippen LogP contribution in [0.5, 0.6) is 0 Å². The van der Waals surface area contributed by atoms with Crippen LogP contribution in [0.2, 0.25) is 0 Å². The van der Waals surface area contributed by atoms with Gasteiger partial charge in [-0.1, -0.05) is 54.6 Å². The Morgan fingerprint density at radius 2 is 1.68 bits per heavy atom. The van der Waals surface area contributed by atoms with E-state index in [-0.39, 0.29) is 17.9 Å². The van der Waals surface area contributed by atoms with E-state index in [2.05, 4.69) is 73.8 Å². The van der Waals surface area contributed by atoms with Crippen molar-refractivity contribution in [2.24, 2.45) is 4.99 Å². The maximum Gasteiger partial charge on any atom is 0.0973 e. The number of nitrogens with zero attached hydrogens (tertiary/aromatic N) is 1. The van der Waals surface area contributed by atoms with Gasteiger partial charge in [-0.2, -0.15) is 0 Å². The van der Waals surface area contributed by atoms with E-state index in [1.54, 1.807) is 0 Å². The van der Waals surface area contributed by atoms with Crippen LogP contribution < -0.4 is 5.32 Å². The number of rotatable bonds is 3. The Kier molecular flexibility index (Phi) is 5.25. The number of halogens is 1. The minimum Gasteiger partial charge on any atom is -0.370 e. The molecule has 0 aromatic heterocycles. The molecule has 0 amide bonds. The smallest absolute Gasteiger partial charge is 0.0973 e. The van der Waals surface area contributed by atoms with Gasteiger partial charge in [0.05, 0.1) is 11.4 Å². The predicted molar refractivity (Wildman–Crippen MR) is 96.7 cm³/mol. The zero-order valence-electron chi connectivity index (χ0n) is 13.2. The van der Waals surface area contributed by atoms with Gasteiger partial charge in [-0.05, 0) is 37.0 Å². The van der Waals surface area contributed by atoms with E-state index in [4.69, 9.17) is 4.99 Å². The summed E-state index contributed by atoms with van der Waals surface area (Å²) in [5.74, 6) is 1.14. The monoisotopic (exact) mass is 314 g/mol. The Balaban J connectivity index is 0.00000176. The molecule has 0 atom stereocenters. The predicted octanol–water partition coefficient (Wildman–Crippen LogP) is 4.84. The average molecular weight is 315 g/mol. The molecule has 0 bridgehead atoms. The van der Waals surface area contributed by atoms with Gasteiger partial charge in [0.2, 0.25) is 0 Å². The molecule has 0 aliphatic carbocycles. The van der Waals surface area contributed by atoms with Gasteiger partial charge in [-0.25, -0.2) is 0 Å². The van der Waals surface area contributed by atoms with Crippen LogP contribution in [0, 0.1) is 0 Å². The number of amidine groups is 1. The van der Waals surface area contributed by atoms with Crippen LogP contribution in [0.15, 0.2) is 59.6 Å². The summed E-state index contributed by atoms with van der Waals surface area (Å²) >= 11 is 0. The average Bonchev–Trinajstić information content (AvgIpc) is 2.86. The van der Waals surface area contributed by atoms with Crippen molar-refractivity contribution in [3.8, 4) is 11.1 Å². The molecule has 2 aromatic rings. The van der Waals surface area contributed by atoms with E-state index in [0.29, 0.717) is 0 Å². The van der Waals surface area contributed by atoms with Crippen LogP contribution in [-0.4, -0.2) is 11.4 Å². The summed E-state index contributed by atoms with van der Waals surface area (Å²) in [6.07, 6.45) is 2.19. The van der Waals surface area contributed by atoms with Crippen molar-refractivity contribution in [2.45, 2.75) is 38.8 Å². The summed E-state index contributed by atoms with van der Waals surface area (Å²) in [5.41, 5.74) is 3.98. The highest BCUT2D eigenvalue weighted by Crippen LogP contribution is 2.25. The first-order valence-corrected chi connectivity index (χ1v) is 7.60. The highest BCUT2D eigenvalue weighted by atomic mass is 35.5. The molecule has 0 saturated carbocycles. The van der Waals surface area contributed by atoms with Crippen LogP contribution in [0.3, 0.4) is 0 Å². The maximum atomic E-state index is 4.74. The summed E-state index contributed by atoms with van der Waals surface area (Å²) in [6, 6.07) is 19.1. The minimum atomic E-state index is 0. The molecule has 0 fully saturated rings. The van der Waals surface area contributed by atoms with Crippen molar-refractivity contribution in [1.82, 2.24) is 5.32 Å². The third kappa shape index (κ3) is 3.89. The first kappa shape index (κ1) is 16.6. The Labute approximate surface area is 139 Å². The third-order valence-electron chi connectivity index (χ3n) is 4.00. The van der Waals surface area contributed by atoms with Gasteiger partial charge >= 0.3 is 0 Å². The Morgan fingerprint density at radius 3 is 2.36 bits per heavy atom. The first-order chi connectivity index (χ1) is 10.1. The first-order valence-electron chi connectivity index (χ1n) is 7.60. The Bertz CT molecular complexity index is 647. The van der Waals surface area contributed by atoms with Gasteiger partial charge < -0.3 is 5.32 Å². The molecule has 0 radical (unpaired) electrons. The van der Waals surface area contributed by atoms with Crippen LogP contribution >= 0.6 is 12.4 Å². The Hall–Kier alpha value is -1.80. The standard InChI is InChI=1S/C19H22N2.ClH/c1-19(2)13-12-18(21-19)20-14-16-10-6-7-11-17(16)15-8-4-3-5-9-15;/h3-11H,12-14H2,1-2H3,(H,20,21);1H. The summed E-state index contributed by atoms with van der Waals surface area (Å²) in [5, 5.41) is 3.51. The lowest BCUT2D eigenvalue weighted by molar-refractivity contribution is 0.522. The van der Waals surface area contributed by atoms with Gasteiger partial charge in [0.1, 0.15) is 0 Å². The number of aliphatic imine (C=N–C) groups is 1. The molecule has 3 heteroatoms. The fraction of sp³-hybridized carbons (Fsp3) is 0.316. The lowest BCUT2D eigenvalue weighted by atomic mass is 10.00. The molecular weight excluding hydrogens is 292 g/mol. The Morgan fingerprint density at radius 1 is 1.00 bits per heavy atom. The molecule has 22 heavy (non-hydrogen) atoms. The molecule has 1 N–H and O–H groups in total. The molecule has 116 valence electrons. The summed E-state index contributed by atoms with van der Waals surface area (Å²) in [7, 11) is 0. The minimum absolute atomic E-state index is 0. The van der Waals surface area contributed by atoms with Gasteiger partial charge in [-0.3, -0.25) is 4.99 Å². The van der Waals surface area contributed by atoms with Gasteiger partial charge in [0, 0.05) is 13.0 Å². The van der Waals surface area contributed by atoms with Crippen LogP contribution in [0.4, 0.5) is 0 Å². The van der Waals surface area contributed by atoms with E-state index in [1.807, 2.05) is 0 Å². The summed E-state index contributed by atoms with van der Waals surface area (Å²) in [4.78, 5) is 4.74. The van der Waals surface area contributed by atoms with Crippen molar-refractivity contribution in [3.63, 3.8) is 0 Å². The summed E-state index contributed by atoms with van der Waals surface area (Å²) < 4.78 is 0. The lowest BCUT2D eigenvalue weighted by Crippen LogP contribution is -2.21. The zero-order chi connectivity index (χ0) is 14.7. The van der Waals surface area contributed by atoms with Crippen LogP contribution in [0.25, 0.3) is 11.1 Å². The van der Waals surface area contributed by atoms with Gasteiger partial charge in [-0.15, -0.1) is 12.4 Å². The fourth-order valence-corrected chi connectivity index (χ4v) is 2.80. The molecule has 0 saturated heterocycles. The molecule has 2 aromatic carbocycles. The highest BCUT2D eigenvalue weighted by Gasteiger charge is 2.24. The second-order valence-corrected chi connectivity index (χ2v) is 6.25. The topological polar surface area (TPSA) is 24.4 Å². The van der Waals surface area contributed by atoms with Crippen molar-refractivity contribution >= 4 is 18.2 Å². The molecule has 1 aliphatic heterocycles. The summed E-state index contributed by atoms with van der Waals surface area (Å²) in [6.45, 7) is 5.22. The zero-order valence-corrected chi connectivity index (χ0v) is 14.0. The lowest BCUT2D eigenvalue weighted by Gasteiger charge is -2.12. The van der Waals surface area contributed by atoms with E-state index in [0.717, 1.165) is 25.2 Å². The molecule has 0 spiro atoms. The third-order valence-corrected chi connectivity index (χ3v) is 4.00.